The maximum atomic E-state index is 12.3. The number of hydrogen-bond acceptors (Lipinski definition) is 5. The fourth-order valence-electron chi connectivity index (χ4n) is 1.96. The van der Waals surface area contributed by atoms with Crippen molar-refractivity contribution in [3.63, 3.8) is 0 Å². The van der Waals surface area contributed by atoms with E-state index < -0.39 is 12.7 Å². The lowest BCUT2D eigenvalue weighted by atomic mass is 10.0. The number of hydrazine groups is 1. The molecular formula is C14H15F2N3O2. The number of nitrogens with one attached hydrogen (secondary N) is 1. The Morgan fingerprint density at radius 1 is 1.14 bits per heavy atom. The van der Waals surface area contributed by atoms with Crippen LogP contribution in [0.2, 0.25) is 0 Å². The molecule has 5 nitrogen and oxygen atoms in total. The molecule has 1 aromatic heterocycles. The molecule has 1 unspecified atom stereocenters. The number of nitrogens with two attached hydrogens (primary N) is 1. The lowest BCUT2D eigenvalue weighted by Gasteiger charge is -2.18. The number of halogens is 2. The van der Waals surface area contributed by atoms with E-state index in [4.69, 9.17) is 10.6 Å². The topological polar surface area (TPSA) is 69.4 Å². The van der Waals surface area contributed by atoms with Crippen molar-refractivity contribution >= 4 is 0 Å². The maximum absolute atomic E-state index is 12.3. The number of aromatic nitrogens is 1. The summed E-state index contributed by atoms with van der Waals surface area (Å²) >= 11 is 0. The zero-order valence-electron chi connectivity index (χ0n) is 11.3. The minimum atomic E-state index is -2.87. The van der Waals surface area contributed by atoms with Gasteiger partial charge in [0.1, 0.15) is 11.5 Å². The van der Waals surface area contributed by atoms with E-state index in [0.29, 0.717) is 11.3 Å². The van der Waals surface area contributed by atoms with Crippen molar-refractivity contribution < 1.29 is 18.3 Å². The van der Waals surface area contributed by atoms with Gasteiger partial charge < -0.3 is 9.47 Å². The molecule has 2 aromatic rings. The van der Waals surface area contributed by atoms with Crippen LogP contribution in [0.3, 0.4) is 0 Å². The predicted octanol–water partition coefficient (Wildman–Crippen LogP) is 2.24. The molecule has 112 valence electrons. The van der Waals surface area contributed by atoms with Gasteiger partial charge in [-0.1, -0.05) is 12.1 Å². The summed E-state index contributed by atoms with van der Waals surface area (Å²) < 4.78 is 34.0. The van der Waals surface area contributed by atoms with Gasteiger partial charge in [-0.25, -0.2) is 5.43 Å². The van der Waals surface area contributed by atoms with Crippen molar-refractivity contribution in [3.05, 3.63) is 53.9 Å². The third kappa shape index (κ3) is 3.87. The number of ether oxygens (including phenoxy) is 2. The Balaban J connectivity index is 2.32. The van der Waals surface area contributed by atoms with Gasteiger partial charge in [0.05, 0.1) is 19.3 Å². The second-order valence-corrected chi connectivity index (χ2v) is 4.21. The summed E-state index contributed by atoms with van der Waals surface area (Å²) in [5, 5.41) is 0. The Labute approximate surface area is 120 Å². The van der Waals surface area contributed by atoms with E-state index in [1.54, 1.807) is 30.6 Å². The van der Waals surface area contributed by atoms with Crippen molar-refractivity contribution in [2.24, 2.45) is 5.84 Å². The Morgan fingerprint density at radius 2 is 1.90 bits per heavy atom. The van der Waals surface area contributed by atoms with E-state index >= 15 is 0 Å². The number of nitrogens with zero attached hydrogens (tertiary/aromatic N) is 1. The van der Waals surface area contributed by atoms with Crippen LogP contribution < -0.4 is 20.7 Å². The van der Waals surface area contributed by atoms with Crippen LogP contribution in [-0.2, 0) is 0 Å². The van der Waals surface area contributed by atoms with Crippen molar-refractivity contribution in [1.82, 2.24) is 10.4 Å². The summed E-state index contributed by atoms with van der Waals surface area (Å²) in [6.45, 7) is -2.87. The molecule has 0 aliphatic carbocycles. The first-order valence-electron chi connectivity index (χ1n) is 6.14. The van der Waals surface area contributed by atoms with Crippen molar-refractivity contribution in [1.29, 1.82) is 0 Å². The number of alkyl halides is 2. The maximum Gasteiger partial charge on any atom is 0.387 e. The first-order valence-corrected chi connectivity index (χ1v) is 6.14. The van der Waals surface area contributed by atoms with E-state index in [-0.39, 0.29) is 5.75 Å². The highest BCUT2D eigenvalue weighted by Gasteiger charge is 2.15. The van der Waals surface area contributed by atoms with Crippen LogP contribution in [0.25, 0.3) is 0 Å². The van der Waals surface area contributed by atoms with Gasteiger partial charge in [-0.3, -0.25) is 10.8 Å². The van der Waals surface area contributed by atoms with Gasteiger partial charge in [0.2, 0.25) is 0 Å². The van der Waals surface area contributed by atoms with Crippen LogP contribution in [-0.4, -0.2) is 18.7 Å². The lowest BCUT2D eigenvalue weighted by molar-refractivity contribution is -0.0498. The summed E-state index contributed by atoms with van der Waals surface area (Å²) in [5.41, 5.74) is 4.04. The van der Waals surface area contributed by atoms with Crippen molar-refractivity contribution in [2.45, 2.75) is 12.7 Å². The van der Waals surface area contributed by atoms with E-state index in [1.807, 2.05) is 0 Å². The lowest BCUT2D eigenvalue weighted by Crippen LogP contribution is -2.29. The molecular weight excluding hydrogens is 280 g/mol. The average Bonchev–Trinajstić information content (AvgIpc) is 2.48. The second kappa shape index (κ2) is 6.96. The molecule has 0 amide bonds. The SMILES string of the molecule is COc1cncc(C(NN)c2cccc(OC(F)F)c2)c1. The Bertz CT molecular complexity index is 596. The van der Waals surface area contributed by atoms with Gasteiger partial charge in [0.25, 0.3) is 0 Å². The normalized spacial score (nSPS) is 12.2. The van der Waals surface area contributed by atoms with Gasteiger partial charge in [0.15, 0.2) is 0 Å². The van der Waals surface area contributed by atoms with Crippen LogP contribution >= 0.6 is 0 Å². The molecule has 0 aliphatic heterocycles. The summed E-state index contributed by atoms with van der Waals surface area (Å²) in [5.74, 6) is 6.22. The summed E-state index contributed by atoms with van der Waals surface area (Å²) in [6, 6.07) is 7.66. The van der Waals surface area contributed by atoms with Crippen LogP contribution in [0.4, 0.5) is 8.78 Å². The molecule has 0 aliphatic rings. The van der Waals surface area contributed by atoms with E-state index in [0.717, 1.165) is 5.56 Å². The standard InChI is InChI=1S/C14H15F2N3O2/c1-20-12-6-10(7-18-8-12)13(19-17)9-3-2-4-11(5-9)21-14(15)16/h2-8,13-14,19H,17H2,1H3. The quantitative estimate of drug-likeness (QED) is 0.632. The zero-order valence-corrected chi connectivity index (χ0v) is 11.3. The zero-order chi connectivity index (χ0) is 15.2. The summed E-state index contributed by atoms with van der Waals surface area (Å²) in [6.07, 6.45) is 3.18. The van der Waals surface area contributed by atoms with Gasteiger partial charge in [-0.05, 0) is 29.3 Å². The molecule has 21 heavy (non-hydrogen) atoms. The number of pyridine rings is 1. The van der Waals surface area contributed by atoms with Crippen LogP contribution in [0.15, 0.2) is 42.7 Å². The molecule has 0 saturated carbocycles. The minimum Gasteiger partial charge on any atom is -0.495 e. The molecule has 0 saturated heterocycles. The van der Waals surface area contributed by atoms with Crippen LogP contribution in [0.5, 0.6) is 11.5 Å². The molecule has 0 radical (unpaired) electrons. The molecule has 2 rings (SSSR count). The molecule has 0 bridgehead atoms. The first kappa shape index (κ1) is 15.1. The summed E-state index contributed by atoms with van der Waals surface area (Å²) in [4.78, 5) is 4.05. The van der Waals surface area contributed by atoms with Crippen molar-refractivity contribution in [3.8, 4) is 11.5 Å². The van der Waals surface area contributed by atoms with Crippen LogP contribution in [0.1, 0.15) is 17.2 Å². The number of rotatable bonds is 6. The predicted molar refractivity (Wildman–Crippen MR) is 73.0 cm³/mol. The second-order valence-electron chi connectivity index (χ2n) is 4.21. The molecule has 1 heterocycles. The minimum absolute atomic E-state index is 0.0682. The molecule has 1 atom stereocenters. The van der Waals surface area contributed by atoms with Gasteiger partial charge >= 0.3 is 6.61 Å². The van der Waals surface area contributed by atoms with Crippen LogP contribution in [0, 0.1) is 0 Å². The summed E-state index contributed by atoms with van der Waals surface area (Å²) in [7, 11) is 1.53. The van der Waals surface area contributed by atoms with Gasteiger partial charge in [-0.2, -0.15) is 8.78 Å². The molecule has 0 spiro atoms. The molecule has 1 aromatic carbocycles. The third-order valence-electron chi connectivity index (χ3n) is 2.89. The highest BCUT2D eigenvalue weighted by Crippen LogP contribution is 2.26. The third-order valence-corrected chi connectivity index (χ3v) is 2.89. The Hall–Kier alpha value is -2.25. The fraction of sp³-hybridized carbons (Fsp3) is 0.214. The highest BCUT2D eigenvalue weighted by atomic mass is 19.3. The molecule has 0 fully saturated rings. The first-order chi connectivity index (χ1) is 10.1. The van der Waals surface area contributed by atoms with E-state index in [9.17, 15) is 8.78 Å². The number of benzene rings is 1. The molecule has 7 heteroatoms. The number of methoxy groups -OCH3 is 1. The number of hydrogen-bond donors (Lipinski definition) is 2. The fourth-order valence-corrected chi connectivity index (χ4v) is 1.96. The van der Waals surface area contributed by atoms with E-state index in [2.05, 4.69) is 15.1 Å². The van der Waals surface area contributed by atoms with E-state index in [1.165, 1.54) is 19.2 Å². The van der Waals surface area contributed by atoms with Gasteiger partial charge in [0, 0.05) is 6.20 Å². The Morgan fingerprint density at radius 3 is 2.57 bits per heavy atom. The van der Waals surface area contributed by atoms with Crippen molar-refractivity contribution in [2.75, 3.05) is 7.11 Å². The molecule has 3 N–H and O–H groups in total. The van der Waals surface area contributed by atoms with Gasteiger partial charge in [-0.15, -0.1) is 0 Å². The Kier molecular flexibility index (Phi) is 5.02. The smallest absolute Gasteiger partial charge is 0.387 e. The average molecular weight is 295 g/mol. The highest BCUT2D eigenvalue weighted by molar-refractivity contribution is 5.37. The largest absolute Gasteiger partial charge is 0.495 e. The monoisotopic (exact) mass is 295 g/mol.